The molecule has 1 amide bonds. The van der Waals surface area contributed by atoms with E-state index in [-0.39, 0.29) is 5.91 Å². The summed E-state index contributed by atoms with van der Waals surface area (Å²) >= 11 is 0. The summed E-state index contributed by atoms with van der Waals surface area (Å²) in [5, 5.41) is 10.3. The molecule has 16 heavy (non-hydrogen) atoms. The van der Waals surface area contributed by atoms with E-state index in [1.54, 1.807) is 0 Å². The molecule has 3 N–H and O–H groups in total. The van der Waals surface area contributed by atoms with E-state index in [0.29, 0.717) is 12.3 Å². The van der Waals surface area contributed by atoms with Crippen LogP contribution in [0.15, 0.2) is 0 Å². The van der Waals surface area contributed by atoms with Gasteiger partial charge in [0.05, 0.1) is 5.60 Å². The monoisotopic (exact) mass is 228 g/mol. The molecule has 0 spiro atoms. The molecule has 1 heterocycles. The van der Waals surface area contributed by atoms with Gasteiger partial charge in [0, 0.05) is 19.5 Å². The quantitative estimate of drug-likeness (QED) is 0.729. The van der Waals surface area contributed by atoms with Gasteiger partial charge in [0.15, 0.2) is 0 Å². The smallest absolute Gasteiger partial charge is 0.217 e. The van der Waals surface area contributed by atoms with E-state index < -0.39 is 5.60 Å². The van der Waals surface area contributed by atoms with Crippen LogP contribution in [0.25, 0.3) is 0 Å². The van der Waals surface area contributed by atoms with Crippen LogP contribution in [0.4, 0.5) is 0 Å². The second-order valence-electron chi connectivity index (χ2n) is 5.17. The molecule has 0 aromatic heterocycles. The van der Waals surface area contributed by atoms with Crippen molar-refractivity contribution < 1.29 is 9.90 Å². The van der Waals surface area contributed by atoms with Gasteiger partial charge in [-0.15, -0.1) is 0 Å². The zero-order valence-corrected chi connectivity index (χ0v) is 10.4. The van der Waals surface area contributed by atoms with Gasteiger partial charge in [0.25, 0.3) is 0 Å². The molecule has 1 saturated heterocycles. The van der Waals surface area contributed by atoms with Crippen molar-refractivity contribution in [3.05, 3.63) is 0 Å². The number of rotatable bonds is 5. The van der Waals surface area contributed by atoms with Crippen molar-refractivity contribution in [1.82, 2.24) is 4.90 Å². The molecular formula is C12H24N2O2. The van der Waals surface area contributed by atoms with E-state index in [1.165, 1.54) is 0 Å². The van der Waals surface area contributed by atoms with E-state index in [2.05, 4.69) is 18.7 Å². The molecule has 1 rings (SSSR count). The molecule has 0 unspecified atom stereocenters. The molecule has 0 saturated carbocycles. The number of nitrogens with zero attached hydrogens (tertiary/aromatic N) is 1. The van der Waals surface area contributed by atoms with E-state index >= 15 is 0 Å². The Morgan fingerprint density at radius 3 is 2.44 bits per heavy atom. The molecule has 1 aliphatic heterocycles. The maximum Gasteiger partial charge on any atom is 0.217 e. The molecular weight excluding hydrogens is 204 g/mol. The summed E-state index contributed by atoms with van der Waals surface area (Å²) in [4.78, 5) is 12.9. The summed E-state index contributed by atoms with van der Waals surface area (Å²) in [6, 6.07) is 0. The minimum absolute atomic E-state index is 0.226. The molecule has 1 aliphatic rings. The number of hydrogen-bond acceptors (Lipinski definition) is 3. The van der Waals surface area contributed by atoms with E-state index in [1.807, 2.05) is 0 Å². The predicted molar refractivity (Wildman–Crippen MR) is 63.9 cm³/mol. The first-order valence-electron chi connectivity index (χ1n) is 6.17. The topological polar surface area (TPSA) is 66.6 Å². The molecule has 4 nitrogen and oxygen atoms in total. The number of piperidine rings is 1. The van der Waals surface area contributed by atoms with Gasteiger partial charge in [-0.3, -0.25) is 4.79 Å². The number of primary amides is 1. The van der Waals surface area contributed by atoms with Crippen LogP contribution in [0, 0.1) is 5.92 Å². The van der Waals surface area contributed by atoms with Crippen LogP contribution in [-0.4, -0.2) is 41.1 Å². The highest BCUT2D eigenvalue weighted by molar-refractivity contribution is 5.73. The first kappa shape index (κ1) is 13.5. The SMILES string of the molecule is CC(C)C1(O)CCN(CCCC(N)=O)CC1. The Hall–Kier alpha value is -0.610. The van der Waals surface area contributed by atoms with Crippen LogP contribution < -0.4 is 5.73 Å². The van der Waals surface area contributed by atoms with E-state index in [0.717, 1.165) is 38.9 Å². The number of likely N-dealkylation sites (tertiary alicyclic amines) is 1. The average Bonchev–Trinajstić information content (AvgIpc) is 2.20. The highest BCUT2D eigenvalue weighted by atomic mass is 16.3. The molecule has 0 radical (unpaired) electrons. The average molecular weight is 228 g/mol. The Kier molecular flexibility index (Phi) is 4.74. The first-order valence-corrected chi connectivity index (χ1v) is 6.17. The Labute approximate surface area is 97.8 Å². The third-order valence-electron chi connectivity index (χ3n) is 3.69. The van der Waals surface area contributed by atoms with Gasteiger partial charge in [0.2, 0.25) is 5.91 Å². The number of amides is 1. The van der Waals surface area contributed by atoms with Gasteiger partial charge in [0.1, 0.15) is 0 Å². The lowest BCUT2D eigenvalue weighted by Crippen LogP contribution is -2.47. The summed E-state index contributed by atoms with van der Waals surface area (Å²) in [5.74, 6) is 0.0935. The van der Waals surface area contributed by atoms with Crippen LogP contribution in [-0.2, 0) is 4.79 Å². The summed E-state index contributed by atoms with van der Waals surface area (Å²) in [5.41, 5.74) is 4.61. The lowest BCUT2D eigenvalue weighted by molar-refractivity contribution is -0.118. The van der Waals surface area contributed by atoms with E-state index in [4.69, 9.17) is 5.73 Å². The Balaban J connectivity index is 2.24. The Morgan fingerprint density at radius 2 is 2.00 bits per heavy atom. The number of nitrogens with two attached hydrogens (primary N) is 1. The lowest BCUT2D eigenvalue weighted by atomic mass is 9.81. The van der Waals surface area contributed by atoms with Crippen molar-refractivity contribution in [3.63, 3.8) is 0 Å². The Morgan fingerprint density at radius 1 is 1.44 bits per heavy atom. The number of aliphatic hydroxyl groups is 1. The molecule has 94 valence electrons. The van der Waals surface area contributed by atoms with Gasteiger partial charge >= 0.3 is 0 Å². The molecule has 0 aromatic carbocycles. The fraction of sp³-hybridized carbons (Fsp3) is 0.917. The summed E-state index contributed by atoms with van der Waals surface area (Å²) in [6.45, 7) is 6.91. The van der Waals surface area contributed by atoms with Crippen molar-refractivity contribution in [2.75, 3.05) is 19.6 Å². The minimum Gasteiger partial charge on any atom is -0.390 e. The van der Waals surface area contributed by atoms with Gasteiger partial charge < -0.3 is 15.7 Å². The van der Waals surface area contributed by atoms with Gasteiger partial charge in [-0.25, -0.2) is 0 Å². The highest BCUT2D eigenvalue weighted by Gasteiger charge is 2.34. The fourth-order valence-corrected chi connectivity index (χ4v) is 2.22. The number of carbonyl (C=O) groups excluding carboxylic acids is 1. The largest absolute Gasteiger partial charge is 0.390 e. The van der Waals surface area contributed by atoms with Crippen LogP contribution in [0.5, 0.6) is 0 Å². The lowest BCUT2D eigenvalue weighted by Gasteiger charge is -2.40. The third kappa shape index (κ3) is 3.76. The number of carbonyl (C=O) groups is 1. The molecule has 0 atom stereocenters. The van der Waals surface area contributed by atoms with Crippen molar-refractivity contribution in [3.8, 4) is 0 Å². The second kappa shape index (κ2) is 5.64. The zero-order valence-electron chi connectivity index (χ0n) is 10.4. The maximum absolute atomic E-state index is 10.6. The van der Waals surface area contributed by atoms with Crippen molar-refractivity contribution >= 4 is 5.91 Å². The third-order valence-corrected chi connectivity index (χ3v) is 3.69. The predicted octanol–water partition coefficient (Wildman–Crippen LogP) is 0.735. The van der Waals surface area contributed by atoms with Gasteiger partial charge in [-0.05, 0) is 31.7 Å². The summed E-state index contributed by atoms with van der Waals surface area (Å²) in [7, 11) is 0. The standard InChI is InChI=1S/C12H24N2O2/c1-10(2)12(16)5-8-14(9-6-12)7-3-4-11(13)15/h10,16H,3-9H2,1-2H3,(H2,13,15). The van der Waals surface area contributed by atoms with E-state index in [9.17, 15) is 9.90 Å². The molecule has 0 bridgehead atoms. The fourth-order valence-electron chi connectivity index (χ4n) is 2.22. The first-order chi connectivity index (χ1) is 7.44. The van der Waals surface area contributed by atoms with Gasteiger partial charge in [-0.1, -0.05) is 13.8 Å². The zero-order chi connectivity index (χ0) is 12.2. The van der Waals surface area contributed by atoms with Crippen LogP contribution in [0.2, 0.25) is 0 Å². The van der Waals surface area contributed by atoms with Gasteiger partial charge in [-0.2, -0.15) is 0 Å². The summed E-state index contributed by atoms with van der Waals surface area (Å²) < 4.78 is 0. The summed E-state index contributed by atoms with van der Waals surface area (Å²) in [6.07, 6.45) is 2.96. The number of hydrogen-bond donors (Lipinski definition) is 2. The Bertz CT molecular complexity index is 233. The van der Waals surface area contributed by atoms with Crippen LogP contribution in [0.3, 0.4) is 0 Å². The normalized spacial score (nSPS) is 21.2. The van der Waals surface area contributed by atoms with Crippen molar-refractivity contribution in [1.29, 1.82) is 0 Å². The highest BCUT2D eigenvalue weighted by Crippen LogP contribution is 2.29. The minimum atomic E-state index is -0.486. The molecule has 0 aromatic rings. The molecule has 1 fully saturated rings. The van der Waals surface area contributed by atoms with Crippen molar-refractivity contribution in [2.24, 2.45) is 11.7 Å². The van der Waals surface area contributed by atoms with Crippen molar-refractivity contribution in [2.45, 2.75) is 45.1 Å². The van der Waals surface area contributed by atoms with Crippen LogP contribution >= 0.6 is 0 Å². The van der Waals surface area contributed by atoms with Crippen LogP contribution in [0.1, 0.15) is 39.5 Å². The molecule has 4 heteroatoms. The molecule has 0 aliphatic carbocycles. The second-order valence-corrected chi connectivity index (χ2v) is 5.17. The maximum atomic E-state index is 10.6.